The van der Waals surface area contributed by atoms with Gasteiger partial charge in [0.2, 0.25) is 0 Å². The van der Waals surface area contributed by atoms with Crippen LogP contribution in [0.2, 0.25) is 0 Å². The van der Waals surface area contributed by atoms with Crippen molar-refractivity contribution >= 4 is 22.1 Å². The molecule has 0 atom stereocenters. The van der Waals surface area contributed by atoms with Gasteiger partial charge in [0.25, 0.3) is 0 Å². The van der Waals surface area contributed by atoms with E-state index in [1.807, 2.05) is 34.2 Å². The molecule has 2 aromatic heterocycles. The third kappa shape index (κ3) is 2.71. The van der Waals surface area contributed by atoms with Crippen molar-refractivity contribution in [1.29, 1.82) is 0 Å². The van der Waals surface area contributed by atoms with E-state index in [1.54, 1.807) is 35.6 Å². The molecule has 0 fully saturated rings. The molecule has 6 heteroatoms. The lowest BCUT2D eigenvalue weighted by atomic mass is 10.1. The Balaban J connectivity index is 1.86. The van der Waals surface area contributed by atoms with Gasteiger partial charge >= 0.3 is 5.97 Å². The molecule has 25 heavy (non-hydrogen) atoms. The summed E-state index contributed by atoms with van der Waals surface area (Å²) >= 11 is 1.62. The first-order chi connectivity index (χ1) is 12.2. The van der Waals surface area contributed by atoms with Gasteiger partial charge in [-0.3, -0.25) is 4.40 Å². The van der Waals surface area contributed by atoms with E-state index >= 15 is 0 Å². The van der Waals surface area contributed by atoms with Crippen molar-refractivity contribution in [1.82, 2.24) is 9.38 Å². The summed E-state index contributed by atoms with van der Waals surface area (Å²) in [5.41, 5.74) is 9.88. The molecule has 2 aromatic carbocycles. The summed E-state index contributed by atoms with van der Waals surface area (Å²) in [4.78, 5) is 16.9. The topological polar surface area (TPSA) is 80.6 Å². The van der Waals surface area contributed by atoms with Gasteiger partial charge in [-0.05, 0) is 23.8 Å². The number of rotatable bonds is 4. The Labute approximate surface area is 148 Å². The van der Waals surface area contributed by atoms with Gasteiger partial charge in [0.05, 0.1) is 5.56 Å². The summed E-state index contributed by atoms with van der Waals surface area (Å²) in [6, 6.07) is 14.8. The predicted octanol–water partition coefficient (Wildman–Crippen LogP) is 3.89. The summed E-state index contributed by atoms with van der Waals surface area (Å²) in [6.07, 6.45) is 1.98. The van der Waals surface area contributed by atoms with Crippen molar-refractivity contribution in [2.24, 2.45) is 5.73 Å². The highest BCUT2D eigenvalue weighted by Gasteiger charge is 2.16. The molecule has 0 unspecified atom stereocenters. The highest BCUT2D eigenvalue weighted by Crippen LogP contribution is 2.33. The molecule has 4 aromatic rings. The number of nitrogens with two attached hydrogens (primary N) is 1. The first-order valence-electron chi connectivity index (χ1n) is 7.76. The van der Waals surface area contributed by atoms with Crippen LogP contribution in [-0.4, -0.2) is 20.5 Å². The quantitative estimate of drug-likeness (QED) is 0.586. The maximum atomic E-state index is 11.0. The van der Waals surface area contributed by atoms with Gasteiger partial charge in [-0.15, -0.1) is 11.3 Å². The summed E-state index contributed by atoms with van der Waals surface area (Å²) in [6.45, 7) is 0.485. The molecule has 3 N–H and O–H groups in total. The number of imidazole rings is 1. The number of carboxylic acid groups (broad SMARTS) is 1. The monoisotopic (exact) mass is 349 g/mol. The number of aromatic nitrogens is 2. The Kier molecular flexibility index (Phi) is 3.83. The Morgan fingerprint density at radius 3 is 2.68 bits per heavy atom. The van der Waals surface area contributed by atoms with Crippen molar-refractivity contribution in [2.45, 2.75) is 6.54 Å². The fourth-order valence-electron chi connectivity index (χ4n) is 2.82. The lowest BCUT2D eigenvalue weighted by molar-refractivity contribution is 0.0697. The minimum Gasteiger partial charge on any atom is -0.478 e. The molecule has 4 rings (SSSR count). The number of benzene rings is 2. The minimum absolute atomic E-state index is 0.262. The molecule has 5 nitrogen and oxygen atoms in total. The molecule has 2 heterocycles. The van der Waals surface area contributed by atoms with E-state index in [2.05, 4.69) is 6.07 Å². The predicted molar refractivity (Wildman–Crippen MR) is 98.8 cm³/mol. The smallest absolute Gasteiger partial charge is 0.335 e. The molecule has 0 amide bonds. The molecule has 0 aliphatic rings. The van der Waals surface area contributed by atoms with E-state index in [4.69, 9.17) is 15.8 Å². The zero-order valence-electron chi connectivity index (χ0n) is 13.2. The molecule has 0 bridgehead atoms. The number of aromatic carboxylic acids is 1. The van der Waals surface area contributed by atoms with Crippen LogP contribution in [0.15, 0.2) is 60.1 Å². The zero-order valence-corrected chi connectivity index (χ0v) is 14.0. The second-order valence-electron chi connectivity index (χ2n) is 5.65. The molecule has 0 saturated carbocycles. The van der Waals surface area contributed by atoms with Crippen LogP contribution in [-0.2, 0) is 6.54 Å². The Morgan fingerprint density at radius 2 is 1.96 bits per heavy atom. The van der Waals surface area contributed by atoms with Gasteiger partial charge in [0.1, 0.15) is 16.3 Å². The molecular weight excluding hydrogens is 334 g/mol. The first kappa shape index (κ1) is 15.6. The third-order valence-electron chi connectivity index (χ3n) is 4.08. The van der Waals surface area contributed by atoms with Gasteiger partial charge in [-0.25, -0.2) is 9.78 Å². The Morgan fingerprint density at radius 1 is 1.16 bits per heavy atom. The van der Waals surface area contributed by atoms with Gasteiger partial charge < -0.3 is 10.8 Å². The molecule has 0 saturated heterocycles. The highest BCUT2D eigenvalue weighted by atomic mass is 32.1. The molecule has 124 valence electrons. The number of hydrogen-bond acceptors (Lipinski definition) is 4. The van der Waals surface area contributed by atoms with Crippen molar-refractivity contribution in [3.8, 4) is 22.6 Å². The maximum Gasteiger partial charge on any atom is 0.335 e. The second-order valence-corrected chi connectivity index (χ2v) is 6.54. The fourth-order valence-corrected chi connectivity index (χ4v) is 3.67. The summed E-state index contributed by atoms with van der Waals surface area (Å²) < 4.78 is 2.03. The van der Waals surface area contributed by atoms with E-state index in [-0.39, 0.29) is 5.56 Å². The van der Waals surface area contributed by atoms with Gasteiger partial charge in [-0.1, -0.05) is 30.3 Å². The second kappa shape index (κ2) is 6.16. The molecule has 0 aliphatic carbocycles. The molecule has 0 spiro atoms. The number of nitrogens with zero attached hydrogens (tertiary/aromatic N) is 2. The van der Waals surface area contributed by atoms with Crippen LogP contribution in [0.1, 0.15) is 15.9 Å². The maximum absolute atomic E-state index is 11.0. The van der Waals surface area contributed by atoms with Gasteiger partial charge in [-0.2, -0.15) is 0 Å². The lowest BCUT2D eigenvalue weighted by Gasteiger charge is -2.01. The fraction of sp³-hybridized carbons (Fsp3) is 0.0526. The summed E-state index contributed by atoms with van der Waals surface area (Å²) in [5.74, 6) is -0.143. The van der Waals surface area contributed by atoms with Crippen molar-refractivity contribution in [3.63, 3.8) is 0 Å². The molecule has 0 aliphatic heterocycles. The number of thiazole rings is 1. The number of fused-ring (bicyclic) bond motifs is 1. The van der Waals surface area contributed by atoms with Crippen molar-refractivity contribution in [3.05, 3.63) is 71.2 Å². The van der Waals surface area contributed by atoms with Crippen molar-refractivity contribution in [2.75, 3.05) is 0 Å². The number of carboxylic acids is 1. The Hall–Kier alpha value is -2.96. The zero-order chi connectivity index (χ0) is 17.4. The molecule has 0 radical (unpaired) electrons. The van der Waals surface area contributed by atoms with Crippen LogP contribution in [0, 0.1) is 0 Å². The van der Waals surface area contributed by atoms with E-state index < -0.39 is 5.97 Å². The average molecular weight is 349 g/mol. The molecular formula is C19H15N3O2S. The number of carbonyl (C=O) groups is 1. The SMILES string of the molecule is NCc1cccc(-c2nc(-c3ccc(C(=O)O)cc3)n3ccsc23)c1. The minimum atomic E-state index is -0.936. The first-order valence-corrected chi connectivity index (χ1v) is 8.64. The van der Waals surface area contributed by atoms with Crippen LogP contribution in [0.4, 0.5) is 0 Å². The van der Waals surface area contributed by atoms with Crippen LogP contribution in [0.5, 0.6) is 0 Å². The van der Waals surface area contributed by atoms with Crippen molar-refractivity contribution < 1.29 is 9.90 Å². The van der Waals surface area contributed by atoms with Crippen LogP contribution in [0.25, 0.3) is 27.5 Å². The highest BCUT2D eigenvalue weighted by molar-refractivity contribution is 7.16. The van der Waals surface area contributed by atoms with Crippen LogP contribution in [0.3, 0.4) is 0 Å². The standard InChI is InChI=1S/C19H15N3O2S/c20-11-12-2-1-3-15(10-12)16-18-22(8-9-25-18)17(21-16)13-4-6-14(7-5-13)19(23)24/h1-10H,11,20H2,(H,23,24). The van der Waals surface area contributed by atoms with E-state index in [0.29, 0.717) is 6.54 Å². The lowest BCUT2D eigenvalue weighted by Crippen LogP contribution is -1.96. The van der Waals surface area contributed by atoms with E-state index in [1.165, 1.54) is 0 Å². The van der Waals surface area contributed by atoms with E-state index in [0.717, 1.165) is 33.0 Å². The average Bonchev–Trinajstić information content (AvgIpc) is 3.24. The van der Waals surface area contributed by atoms with Crippen LogP contribution < -0.4 is 5.73 Å². The summed E-state index contributed by atoms with van der Waals surface area (Å²) in [7, 11) is 0. The summed E-state index contributed by atoms with van der Waals surface area (Å²) in [5, 5.41) is 11.1. The van der Waals surface area contributed by atoms with E-state index in [9.17, 15) is 4.79 Å². The largest absolute Gasteiger partial charge is 0.478 e. The Bertz CT molecular complexity index is 1060. The van der Waals surface area contributed by atoms with Gasteiger partial charge in [0.15, 0.2) is 0 Å². The third-order valence-corrected chi connectivity index (χ3v) is 4.95. The normalized spacial score (nSPS) is 11.1. The van der Waals surface area contributed by atoms with Gasteiger partial charge in [0, 0.05) is 29.2 Å². The number of hydrogen-bond donors (Lipinski definition) is 2. The van der Waals surface area contributed by atoms with Crippen LogP contribution >= 0.6 is 11.3 Å².